The zero-order chi connectivity index (χ0) is 29.2. The van der Waals surface area contributed by atoms with E-state index in [4.69, 9.17) is 40.2 Å². The van der Waals surface area contributed by atoms with Crippen LogP contribution in [0.25, 0.3) is 5.82 Å². The number of benzene rings is 1. The van der Waals surface area contributed by atoms with Crippen LogP contribution in [0.4, 0.5) is 32.0 Å². The van der Waals surface area contributed by atoms with Crippen molar-refractivity contribution in [1.29, 1.82) is 0 Å². The number of amides is 1. The van der Waals surface area contributed by atoms with E-state index in [1.54, 1.807) is 0 Å². The average molecular weight is 620 g/mol. The molecule has 4 rings (SSSR count). The number of thiocarbonyl (C=S) groups is 1. The molecule has 0 radical (unpaired) electrons. The zero-order valence-electron chi connectivity index (χ0n) is 19.4. The normalized spacial score (nSPS) is 11.7. The first-order valence-corrected chi connectivity index (χ1v) is 11.9. The Morgan fingerprint density at radius 1 is 0.900 bits per heavy atom. The Morgan fingerprint density at radius 2 is 1.60 bits per heavy atom. The maximum atomic E-state index is 12.9. The van der Waals surface area contributed by atoms with Gasteiger partial charge in [0.05, 0.1) is 21.2 Å². The second-order valence-corrected chi connectivity index (χ2v) is 9.05. The molecule has 0 atom stereocenters. The lowest BCUT2D eigenvalue weighted by molar-refractivity contribution is -0.138. The highest BCUT2D eigenvalue weighted by Gasteiger charge is 2.32. The minimum Gasteiger partial charge on any atom is -0.437 e. The van der Waals surface area contributed by atoms with Gasteiger partial charge in [-0.3, -0.25) is 14.7 Å². The molecule has 16 heteroatoms. The number of carbonyl (C=O) groups excluding carboxylic acids is 1. The molecule has 0 aliphatic heterocycles. The predicted octanol–water partition coefficient (Wildman–Crippen LogP) is 7.53. The number of pyridine rings is 2. The molecular formula is C24H13Cl2F6N5O2S. The SMILES string of the molecule is O=C(NC(=S)Nc1ccc(Oc2ccc(C(F)(F)F)cn2)c(Cl)c1)c1cccn1-c1ncc(C(F)(F)F)cc1Cl. The largest absolute Gasteiger partial charge is 0.437 e. The zero-order valence-corrected chi connectivity index (χ0v) is 21.8. The Bertz CT molecular complexity index is 1580. The van der Waals surface area contributed by atoms with Crippen molar-refractivity contribution in [2.45, 2.75) is 12.4 Å². The monoisotopic (exact) mass is 619 g/mol. The standard InChI is InChI=1S/C24H13Cl2F6N5O2S/c25-15-9-14(4-5-18(15)39-19-6-3-12(10-33-19)23(27,28)29)35-22(40)36-21(38)17-2-1-7-37(17)20-16(26)8-13(11-34-20)24(30,31)32/h1-11H,(H2,35,36,38,40). The van der Waals surface area contributed by atoms with Gasteiger partial charge in [0, 0.05) is 30.3 Å². The minimum absolute atomic E-state index is 0.0240. The summed E-state index contributed by atoms with van der Waals surface area (Å²) in [5.74, 6) is -0.856. The quantitative estimate of drug-likeness (QED) is 0.177. The summed E-state index contributed by atoms with van der Waals surface area (Å²) in [7, 11) is 0. The lowest BCUT2D eigenvalue weighted by Crippen LogP contribution is -2.35. The van der Waals surface area contributed by atoms with E-state index in [1.165, 1.54) is 41.1 Å². The van der Waals surface area contributed by atoms with Gasteiger partial charge in [-0.2, -0.15) is 26.3 Å². The average Bonchev–Trinajstić information content (AvgIpc) is 3.35. The van der Waals surface area contributed by atoms with Crippen molar-refractivity contribution in [3.05, 3.63) is 94.0 Å². The van der Waals surface area contributed by atoms with E-state index in [9.17, 15) is 31.1 Å². The molecule has 3 heterocycles. The van der Waals surface area contributed by atoms with Gasteiger partial charge < -0.3 is 10.1 Å². The van der Waals surface area contributed by atoms with Crippen molar-refractivity contribution in [2.24, 2.45) is 0 Å². The van der Waals surface area contributed by atoms with Crippen LogP contribution in [0.2, 0.25) is 10.0 Å². The minimum atomic E-state index is -4.64. The number of hydrogen-bond donors (Lipinski definition) is 2. The summed E-state index contributed by atoms with van der Waals surface area (Å²) in [6, 6.07) is 9.65. The maximum Gasteiger partial charge on any atom is 0.417 e. The topological polar surface area (TPSA) is 81.1 Å². The van der Waals surface area contributed by atoms with Crippen molar-refractivity contribution in [2.75, 3.05) is 5.32 Å². The molecule has 1 amide bonds. The molecule has 0 aliphatic carbocycles. The van der Waals surface area contributed by atoms with Crippen LogP contribution >= 0.6 is 35.4 Å². The number of nitrogens with zero attached hydrogens (tertiary/aromatic N) is 3. The Labute approximate surface area is 236 Å². The number of ether oxygens (including phenoxy) is 1. The summed E-state index contributed by atoms with van der Waals surface area (Å²) >= 11 is 17.4. The smallest absolute Gasteiger partial charge is 0.417 e. The summed E-state index contributed by atoms with van der Waals surface area (Å²) in [4.78, 5) is 20.2. The molecule has 2 N–H and O–H groups in total. The van der Waals surface area contributed by atoms with E-state index in [-0.39, 0.29) is 38.3 Å². The molecule has 0 aliphatic rings. The van der Waals surface area contributed by atoms with E-state index in [1.807, 2.05) is 0 Å². The van der Waals surface area contributed by atoms with Crippen LogP contribution < -0.4 is 15.4 Å². The fourth-order valence-electron chi connectivity index (χ4n) is 3.23. The van der Waals surface area contributed by atoms with Gasteiger partial charge in [0.25, 0.3) is 5.91 Å². The highest BCUT2D eigenvalue weighted by molar-refractivity contribution is 7.80. The molecule has 40 heavy (non-hydrogen) atoms. The molecule has 0 saturated heterocycles. The van der Waals surface area contributed by atoms with Crippen LogP contribution in [0.3, 0.4) is 0 Å². The summed E-state index contributed by atoms with van der Waals surface area (Å²) in [5, 5.41) is 4.72. The Kier molecular flexibility index (Phi) is 8.23. The van der Waals surface area contributed by atoms with Crippen LogP contribution in [-0.2, 0) is 12.4 Å². The molecule has 7 nitrogen and oxygen atoms in total. The van der Waals surface area contributed by atoms with E-state index in [2.05, 4.69) is 20.6 Å². The van der Waals surface area contributed by atoms with Gasteiger partial charge in [-0.05, 0) is 54.7 Å². The number of rotatable bonds is 5. The van der Waals surface area contributed by atoms with Gasteiger partial charge in [-0.15, -0.1) is 0 Å². The highest BCUT2D eigenvalue weighted by Crippen LogP contribution is 2.34. The van der Waals surface area contributed by atoms with Crippen molar-refractivity contribution < 1.29 is 35.9 Å². The first-order valence-electron chi connectivity index (χ1n) is 10.8. The molecule has 0 saturated carbocycles. The van der Waals surface area contributed by atoms with Crippen LogP contribution in [0.5, 0.6) is 11.6 Å². The second kappa shape index (κ2) is 11.3. The number of alkyl halides is 6. The Balaban J connectivity index is 1.41. The molecule has 3 aromatic heterocycles. The molecule has 4 aromatic rings. The molecule has 208 valence electrons. The third kappa shape index (κ3) is 6.81. The third-order valence-corrected chi connectivity index (χ3v) is 5.83. The number of anilines is 1. The Hall–Kier alpha value is -3.88. The Morgan fingerprint density at radius 3 is 2.20 bits per heavy atom. The lowest BCUT2D eigenvalue weighted by Gasteiger charge is -2.14. The molecule has 0 bridgehead atoms. The van der Waals surface area contributed by atoms with Crippen LogP contribution in [0.1, 0.15) is 21.6 Å². The van der Waals surface area contributed by atoms with Crippen LogP contribution in [0, 0.1) is 0 Å². The maximum absolute atomic E-state index is 12.9. The number of carbonyl (C=O) groups is 1. The first kappa shape index (κ1) is 29.1. The van der Waals surface area contributed by atoms with E-state index < -0.39 is 29.4 Å². The number of halogens is 8. The number of hydrogen-bond acceptors (Lipinski definition) is 5. The first-order chi connectivity index (χ1) is 18.7. The summed E-state index contributed by atoms with van der Waals surface area (Å²) in [5.41, 5.74) is -1.68. The third-order valence-electron chi connectivity index (χ3n) is 5.05. The van der Waals surface area contributed by atoms with E-state index in [0.29, 0.717) is 24.1 Å². The van der Waals surface area contributed by atoms with Crippen LogP contribution in [-0.4, -0.2) is 25.6 Å². The highest BCUT2D eigenvalue weighted by atomic mass is 35.5. The lowest BCUT2D eigenvalue weighted by atomic mass is 10.2. The molecule has 1 aromatic carbocycles. The van der Waals surface area contributed by atoms with Gasteiger partial charge in [-0.1, -0.05) is 23.2 Å². The van der Waals surface area contributed by atoms with Gasteiger partial charge in [0.15, 0.2) is 10.9 Å². The predicted molar refractivity (Wildman–Crippen MR) is 138 cm³/mol. The fourth-order valence-corrected chi connectivity index (χ4v) is 3.91. The summed E-state index contributed by atoms with van der Waals surface area (Å²) in [6.45, 7) is 0. The van der Waals surface area contributed by atoms with E-state index in [0.717, 1.165) is 12.1 Å². The van der Waals surface area contributed by atoms with Gasteiger partial charge in [-0.25, -0.2) is 9.97 Å². The van der Waals surface area contributed by atoms with Crippen molar-refractivity contribution in [1.82, 2.24) is 19.9 Å². The van der Waals surface area contributed by atoms with Crippen molar-refractivity contribution in [3.8, 4) is 17.4 Å². The van der Waals surface area contributed by atoms with Gasteiger partial charge >= 0.3 is 12.4 Å². The van der Waals surface area contributed by atoms with Crippen LogP contribution in [0.15, 0.2) is 67.1 Å². The number of nitrogens with one attached hydrogen (secondary N) is 2. The number of aromatic nitrogens is 3. The molecule has 0 fully saturated rings. The van der Waals surface area contributed by atoms with Gasteiger partial charge in [0.2, 0.25) is 5.88 Å². The second-order valence-electron chi connectivity index (χ2n) is 7.83. The van der Waals surface area contributed by atoms with E-state index >= 15 is 0 Å². The summed E-state index contributed by atoms with van der Waals surface area (Å²) < 4.78 is 83.5. The van der Waals surface area contributed by atoms with Crippen molar-refractivity contribution >= 4 is 52.1 Å². The molecule has 0 spiro atoms. The molecular weight excluding hydrogens is 607 g/mol. The molecule has 0 unspecified atom stereocenters. The fraction of sp³-hybridized carbons (Fsp3) is 0.0833. The summed E-state index contributed by atoms with van der Waals surface area (Å²) in [6.07, 6.45) is -6.58. The van der Waals surface area contributed by atoms with Crippen molar-refractivity contribution in [3.63, 3.8) is 0 Å². The van der Waals surface area contributed by atoms with Gasteiger partial charge in [0.1, 0.15) is 11.4 Å².